The lowest BCUT2D eigenvalue weighted by atomic mass is 9.97. The molecular formula is C20H21N5O7S2. The molecule has 1 aromatic rings. The zero-order chi connectivity index (χ0) is 24.4. The van der Waals surface area contributed by atoms with Crippen LogP contribution in [0.1, 0.15) is 18.7 Å². The minimum atomic E-state index is -1.26. The van der Waals surface area contributed by atoms with Crippen molar-refractivity contribution in [2.24, 2.45) is 5.73 Å². The monoisotopic (exact) mass is 507 g/mol. The first kappa shape index (κ1) is 24.0. The van der Waals surface area contributed by atoms with Crippen molar-refractivity contribution in [3.63, 3.8) is 0 Å². The summed E-state index contributed by atoms with van der Waals surface area (Å²) in [4.78, 5) is 49.3. The van der Waals surface area contributed by atoms with E-state index in [0.29, 0.717) is 24.2 Å². The third-order valence-electron chi connectivity index (χ3n) is 5.39. The first-order valence-corrected chi connectivity index (χ1v) is 12.3. The van der Waals surface area contributed by atoms with Gasteiger partial charge in [0.15, 0.2) is 0 Å². The Kier molecular flexibility index (Phi) is 7.09. The topological polar surface area (TPSA) is 189 Å². The number of amides is 2. The Morgan fingerprint density at radius 2 is 2.12 bits per heavy atom. The summed E-state index contributed by atoms with van der Waals surface area (Å²) in [6.45, 7) is 0. The molecule has 34 heavy (non-hydrogen) atoms. The standard InChI is InChI=1S/C20H21N5O7S2/c21-13(9-4-2-1-3-5-9)16(28)22-14-17(29)25-15(19(30)31)10(7-33-18(14)25)8-34-20-24-23-11(32-20)6-12(26)27/h1-2,5,13-14,18H,3-4,6-8,21H2,(H,22,28)(H,26,27)(H,30,31)/t13?,14?,18-/m1/s1. The molecule has 1 aliphatic carbocycles. The number of hydrogen-bond acceptors (Lipinski definition) is 10. The number of carboxylic acid groups (broad SMARTS) is 2. The Hall–Kier alpha value is -3.10. The number of β-lactam (4-membered cyclic amide) rings is 1. The highest BCUT2D eigenvalue weighted by molar-refractivity contribution is 8.01. The number of carbonyl (C=O) groups is 4. The van der Waals surface area contributed by atoms with Gasteiger partial charge in [-0.15, -0.1) is 22.0 Å². The lowest BCUT2D eigenvalue weighted by Crippen LogP contribution is -2.71. The molecule has 0 bridgehead atoms. The molecule has 2 aliphatic heterocycles. The van der Waals surface area contributed by atoms with E-state index < -0.39 is 47.6 Å². The number of nitrogens with one attached hydrogen (secondary N) is 1. The van der Waals surface area contributed by atoms with E-state index in [2.05, 4.69) is 15.5 Å². The molecule has 5 N–H and O–H groups in total. The molecular weight excluding hydrogens is 486 g/mol. The zero-order valence-electron chi connectivity index (χ0n) is 17.7. The number of allylic oxidation sites excluding steroid dienone is 3. The number of aliphatic carboxylic acids is 2. The second-order valence-corrected chi connectivity index (χ2v) is 9.67. The summed E-state index contributed by atoms with van der Waals surface area (Å²) in [6, 6.07) is -1.73. The van der Waals surface area contributed by atoms with Crippen LogP contribution in [0.25, 0.3) is 0 Å². The molecule has 0 radical (unpaired) electrons. The van der Waals surface area contributed by atoms with Crippen LogP contribution in [0.15, 0.2) is 44.7 Å². The molecule has 0 saturated carbocycles. The van der Waals surface area contributed by atoms with E-state index in [9.17, 15) is 24.3 Å². The van der Waals surface area contributed by atoms with E-state index in [1.54, 1.807) is 0 Å². The largest absolute Gasteiger partial charge is 0.481 e. The van der Waals surface area contributed by atoms with Gasteiger partial charge in [-0.2, -0.15) is 0 Å². The Labute approximate surface area is 201 Å². The quantitative estimate of drug-likeness (QED) is 0.201. The number of carboxylic acids is 2. The lowest BCUT2D eigenvalue weighted by Gasteiger charge is -2.49. The fourth-order valence-corrected chi connectivity index (χ4v) is 5.99. The van der Waals surface area contributed by atoms with Crippen LogP contribution in [0.2, 0.25) is 0 Å². The number of nitrogens with zero attached hydrogens (tertiary/aromatic N) is 3. The van der Waals surface area contributed by atoms with Gasteiger partial charge in [0.2, 0.25) is 11.8 Å². The highest BCUT2D eigenvalue weighted by Crippen LogP contribution is 2.41. The fourth-order valence-electron chi connectivity index (χ4n) is 3.72. The summed E-state index contributed by atoms with van der Waals surface area (Å²) in [5.41, 5.74) is 7.16. The maximum absolute atomic E-state index is 12.8. The van der Waals surface area contributed by atoms with Gasteiger partial charge in [0.25, 0.3) is 11.1 Å². The van der Waals surface area contributed by atoms with Crippen LogP contribution in [0.5, 0.6) is 0 Å². The summed E-state index contributed by atoms with van der Waals surface area (Å²) in [5.74, 6) is -2.96. The van der Waals surface area contributed by atoms with E-state index in [1.165, 1.54) is 16.7 Å². The molecule has 1 fully saturated rings. The van der Waals surface area contributed by atoms with Crippen LogP contribution < -0.4 is 11.1 Å². The van der Waals surface area contributed by atoms with Crippen molar-refractivity contribution in [1.29, 1.82) is 0 Å². The maximum atomic E-state index is 12.8. The molecule has 4 rings (SSSR count). The predicted molar refractivity (Wildman–Crippen MR) is 120 cm³/mol. The van der Waals surface area contributed by atoms with Crippen LogP contribution in [-0.4, -0.2) is 78.0 Å². The average molecular weight is 508 g/mol. The molecule has 2 amide bonds. The van der Waals surface area contributed by atoms with Crippen LogP contribution in [0.4, 0.5) is 0 Å². The van der Waals surface area contributed by atoms with Crippen molar-refractivity contribution in [2.75, 3.05) is 11.5 Å². The molecule has 1 saturated heterocycles. The number of hydrogen-bond donors (Lipinski definition) is 4. The normalized spacial score (nSPS) is 22.6. The van der Waals surface area contributed by atoms with Gasteiger partial charge in [-0.25, -0.2) is 4.79 Å². The number of thioether (sulfide) groups is 2. The summed E-state index contributed by atoms with van der Waals surface area (Å²) < 4.78 is 5.23. The second-order valence-electron chi connectivity index (χ2n) is 7.64. The van der Waals surface area contributed by atoms with Crippen molar-refractivity contribution >= 4 is 47.3 Å². The maximum Gasteiger partial charge on any atom is 0.352 e. The van der Waals surface area contributed by atoms with Crippen LogP contribution >= 0.6 is 23.5 Å². The molecule has 2 unspecified atom stereocenters. The van der Waals surface area contributed by atoms with Gasteiger partial charge in [-0.3, -0.25) is 19.3 Å². The third-order valence-corrected chi connectivity index (χ3v) is 7.63. The number of carbonyl (C=O) groups excluding carboxylic acids is 2. The van der Waals surface area contributed by atoms with Gasteiger partial charge in [-0.05, 0) is 24.0 Å². The first-order valence-electron chi connectivity index (χ1n) is 10.2. The van der Waals surface area contributed by atoms with Crippen LogP contribution in [-0.2, 0) is 25.6 Å². The lowest BCUT2D eigenvalue weighted by molar-refractivity contribution is -0.150. The van der Waals surface area contributed by atoms with Crippen molar-refractivity contribution in [3.05, 3.63) is 41.0 Å². The average Bonchev–Trinajstić information content (AvgIpc) is 3.26. The molecule has 0 aromatic carbocycles. The number of fused-ring (bicyclic) bond motifs is 1. The van der Waals surface area contributed by atoms with E-state index in [0.717, 1.165) is 17.3 Å². The minimum Gasteiger partial charge on any atom is -0.481 e. The van der Waals surface area contributed by atoms with Crippen molar-refractivity contribution in [2.45, 2.75) is 41.9 Å². The Bertz CT molecular complexity index is 1130. The second kappa shape index (κ2) is 10.0. The van der Waals surface area contributed by atoms with Crippen LogP contribution in [0.3, 0.4) is 0 Å². The van der Waals surface area contributed by atoms with E-state index >= 15 is 0 Å². The fraction of sp³-hybridized carbons (Fsp3) is 0.400. The highest BCUT2D eigenvalue weighted by atomic mass is 32.2. The Balaban J connectivity index is 1.41. The molecule has 0 spiro atoms. The van der Waals surface area contributed by atoms with Crippen LogP contribution in [0, 0.1) is 0 Å². The summed E-state index contributed by atoms with van der Waals surface area (Å²) in [5, 5.41) is 28.1. The van der Waals surface area contributed by atoms with Gasteiger partial charge in [0, 0.05) is 11.5 Å². The molecule has 14 heteroatoms. The Morgan fingerprint density at radius 1 is 1.32 bits per heavy atom. The predicted octanol–water partition coefficient (Wildman–Crippen LogP) is 0.131. The van der Waals surface area contributed by atoms with Crippen molar-refractivity contribution in [1.82, 2.24) is 20.4 Å². The van der Waals surface area contributed by atoms with E-state index in [-0.39, 0.29) is 22.6 Å². The van der Waals surface area contributed by atoms with Gasteiger partial charge in [0.05, 0.1) is 0 Å². The molecule has 180 valence electrons. The highest BCUT2D eigenvalue weighted by Gasteiger charge is 2.54. The van der Waals surface area contributed by atoms with Gasteiger partial charge < -0.3 is 25.7 Å². The number of rotatable bonds is 9. The van der Waals surface area contributed by atoms with Crippen molar-refractivity contribution in [3.8, 4) is 0 Å². The molecule has 12 nitrogen and oxygen atoms in total. The molecule has 3 aliphatic rings. The third kappa shape index (κ3) is 4.88. The summed E-state index contributed by atoms with van der Waals surface area (Å²) >= 11 is 2.39. The van der Waals surface area contributed by atoms with E-state index in [4.69, 9.17) is 15.3 Å². The number of aromatic nitrogens is 2. The molecule has 3 atom stereocenters. The summed E-state index contributed by atoms with van der Waals surface area (Å²) in [7, 11) is 0. The zero-order valence-corrected chi connectivity index (χ0v) is 19.3. The SMILES string of the molecule is NC(C(=O)NC1C(=O)N2C(C(=O)O)=C(CSc3nnc(CC(=O)O)o3)CS[C@H]12)C1=CCC=CC1. The van der Waals surface area contributed by atoms with Crippen molar-refractivity contribution < 1.29 is 33.8 Å². The Morgan fingerprint density at radius 3 is 2.79 bits per heavy atom. The number of nitrogens with two attached hydrogens (primary N) is 1. The molecule has 1 aromatic heterocycles. The smallest absolute Gasteiger partial charge is 0.352 e. The van der Waals surface area contributed by atoms with Gasteiger partial charge in [-0.1, -0.05) is 30.0 Å². The summed E-state index contributed by atoms with van der Waals surface area (Å²) in [6.07, 6.45) is 6.65. The van der Waals surface area contributed by atoms with E-state index in [1.807, 2.05) is 18.2 Å². The minimum absolute atomic E-state index is 0.0600. The van der Waals surface area contributed by atoms with Gasteiger partial charge >= 0.3 is 11.9 Å². The molecule has 3 heterocycles. The van der Waals surface area contributed by atoms with Gasteiger partial charge in [0.1, 0.15) is 29.6 Å². The first-order chi connectivity index (χ1) is 16.3.